The number of hydrogen-bond donors (Lipinski definition) is 2. The Hall–Kier alpha value is -3.98. The quantitative estimate of drug-likeness (QED) is 0.435. The first-order valence-corrected chi connectivity index (χ1v) is 11.5. The predicted molar refractivity (Wildman–Crippen MR) is 136 cm³/mol. The molecule has 0 aliphatic rings. The van der Waals surface area contributed by atoms with E-state index in [1.807, 2.05) is 26.2 Å². The summed E-state index contributed by atoms with van der Waals surface area (Å²) in [6.07, 6.45) is 0.324. The molecule has 0 saturated heterocycles. The van der Waals surface area contributed by atoms with E-state index in [2.05, 4.69) is 20.6 Å². The van der Waals surface area contributed by atoms with E-state index in [-0.39, 0.29) is 24.6 Å². The van der Waals surface area contributed by atoms with Gasteiger partial charge in [-0.25, -0.2) is 9.48 Å². The number of carbonyl (C=O) groups is 2. The number of benzene rings is 2. The van der Waals surface area contributed by atoms with E-state index >= 15 is 0 Å². The molecule has 184 valence electrons. The predicted octanol–water partition coefficient (Wildman–Crippen LogP) is 3.21. The number of hydrogen-bond acceptors (Lipinski definition) is 6. The van der Waals surface area contributed by atoms with Crippen LogP contribution in [0.2, 0.25) is 0 Å². The Morgan fingerprint density at radius 3 is 2.63 bits per heavy atom. The van der Waals surface area contributed by atoms with Crippen LogP contribution in [0.25, 0.3) is 11.3 Å². The molecule has 0 bridgehead atoms. The molecule has 0 atom stereocenters. The minimum Gasteiger partial charge on any atom is -0.450 e. The van der Waals surface area contributed by atoms with Crippen molar-refractivity contribution in [2.24, 2.45) is 0 Å². The van der Waals surface area contributed by atoms with Gasteiger partial charge in [-0.05, 0) is 69.9 Å². The second kappa shape index (κ2) is 12.5. The highest BCUT2D eigenvalue weighted by molar-refractivity contribution is 5.95. The summed E-state index contributed by atoms with van der Waals surface area (Å²) in [5.41, 5.74) is 2.94. The molecule has 35 heavy (non-hydrogen) atoms. The van der Waals surface area contributed by atoms with Gasteiger partial charge in [-0.3, -0.25) is 14.9 Å². The minimum atomic E-state index is -0.538. The van der Waals surface area contributed by atoms with E-state index in [1.54, 1.807) is 49.4 Å². The normalized spacial score (nSPS) is 10.7. The molecule has 1 heterocycles. The Morgan fingerprint density at radius 2 is 1.86 bits per heavy atom. The van der Waals surface area contributed by atoms with Crippen molar-refractivity contribution in [3.8, 4) is 11.3 Å². The zero-order chi connectivity index (χ0) is 25.2. The Balaban J connectivity index is 1.74. The van der Waals surface area contributed by atoms with Crippen LogP contribution in [0.5, 0.6) is 0 Å². The second-order valence-electron chi connectivity index (χ2n) is 8.25. The van der Waals surface area contributed by atoms with Gasteiger partial charge in [0.25, 0.3) is 11.5 Å². The number of ether oxygens (including phenoxy) is 1. The number of anilines is 1. The smallest absolute Gasteiger partial charge is 0.411 e. The average molecular weight is 478 g/mol. The molecular weight excluding hydrogens is 446 g/mol. The van der Waals surface area contributed by atoms with Crippen molar-refractivity contribution in [2.75, 3.05) is 39.1 Å². The summed E-state index contributed by atoms with van der Waals surface area (Å²) in [7, 11) is 3.99. The molecule has 0 aliphatic carbocycles. The van der Waals surface area contributed by atoms with Crippen LogP contribution in [0, 0.1) is 0 Å². The lowest BCUT2D eigenvalue weighted by Crippen LogP contribution is -2.27. The van der Waals surface area contributed by atoms with Gasteiger partial charge in [0.05, 0.1) is 18.8 Å². The van der Waals surface area contributed by atoms with E-state index in [9.17, 15) is 14.4 Å². The number of aromatic nitrogens is 2. The summed E-state index contributed by atoms with van der Waals surface area (Å²) in [6.45, 7) is 3.71. The number of amides is 2. The van der Waals surface area contributed by atoms with Crippen LogP contribution >= 0.6 is 0 Å². The number of nitrogens with zero attached hydrogens (tertiary/aromatic N) is 3. The maximum absolute atomic E-state index is 12.5. The van der Waals surface area contributed by atoms with Crippen molar-refractivity contribution in [1.29, 1.82) is 0 Å². The number of rotatable bonds is 10. The van der Waals surface area contributed by atoms with Gasteiger partial charge in [0.1, 0.15) is 0 Å². The zero-order valence-corrected chi connectivity index (χ0v) is 20.3. The summed E-state index contributed by atoms with van der Waals surface area (Å²) < 4.78 is 6.26. The van der Waals surface area contributed by atoms with Crippen LogP contribution in [-0.4, -0.2) is 60.5 Å². The van der Waals surface area contributed by atoms with E-state index < -0.39 is 6.09 Å². The Bertz CT molecular complexity index is 1220. The molecule has 1 aromatic heterocycles. The van der Waals surface area contributed by atoms with Gasteiger partial charge in [-0.2, -0.15) is 5.10 Å². The first-order chi connectivity index (χ1) is 16.9. The molecule has 0 radical (unpaired) electrons. The van der Waals surface area contributed by atoms with Gasteiger partial charge in [-0.1, -0.05) is 24.3 Å². The molecular formula is C26H31N5O4. The second-order valence-corrected chi connectivity index (χ2v) is 8.25. The third-order valence-electron chi connectivity index (χ3n) is 5.14. The van der Waals surface area contributed by atoms with Gasteiger partial charge in [0, 0.05) is 29.4 Å². The van der Waals surface area contributed by atoms with Gasteiger partial charge >= 0.3 is 6.09 Å². The van der Waals surface area contributed by atoms with E-state index in [4.69, 9.17) is 4.74 Å². The summed E-state index contributed by atoms with van der Waals surface area (Å²) in [6, 6.07) is 17.4. The van der Waals surface area contributed by atoms with Crippen molar-refractivity contribution in [1.82, 2.24) is 20.0 Å². The van der Waals surface area contributed by atoms with E-state index in [0.717, 1.165) is 24.1 Å². The van der Waals surface area contributed by atoms with E-state index in [1.165, 1.54) is 10.7 Å². The molecule has 9 nitrogen and oxygen atoms in total. The Kier molecular flexibility index (Phi) is 9.14. The van der Waals surface area contributed by atoms with Gasteiger partial charge in [-0.15, -0.1) is 0 Å². The SMILES string of the molecule is CCOC(=O)Nc1cccc(Cn2nc(-c3cccc(C(=O)NCCCN(C)C)c3)ccc2=O)c1. The third kappa shape index (κ3) is 7.79. The highest BCUT2D eigenvalue weighted by Crippen LogP contribution is 2.18. The monoisotopic (exact) mass is 477 g/mol. The van der Waals surface area contributed by atoms with Crippen molar-refractivity contribution in [3.63, 3.8) is 0 Å². The van der Waals surface area contributed by atoms with Crippen molar-refractivity contribution in [2.45, 2.75) is 19.9 Å². The lowest BCUT2D eigenvalue weighted by Gasteiger charge is -2.11. The maximum Gasteiger partial charge on any atom is 0.411 e. The molecule has 2 amide bonds. The van der Waals surface area contributed by atoms with E-state index in [0.29, 0.717) is 23.5 Å². The van der Waals surface area contributed by atoms with Crippen LogP contribution in [-0.2, 0) is 11.3 Å². The molecule has 0 saturated carbocycles. The Labute approximate surface area is 204 Å². The molecule has 2 N–H and O–H groups in total. The van der Waals surface area contributed by atoms with Crippen LogP contribution in [0.3, 0.4) is 0 Å². The van der Waals surface area contributed by atoms with Gasteiger partial charge < -0.3 is 15.0 Å². The third-order valence-corrected chi connectivity index (χ3v) is 5.14. The molecule has 2 aromatic carbocycles. The lowest BCUT2D eigenvalue weighted by atomic mass is 10.1. The highest BCUT2D eigenvalue weighted by Gasteiger charge is 2.10. The van der Waals surface area contributed by atoms with Gasteiger partial charge in [0.2, 0.25) is 0 Å². The molecule has 9 heteroatoms. The average Bonchev–Trinajstić information content (AvgIpc) is 2.83. The topological polar surface area (TPSA) is 106 Å². The van der Waals surface area contributed by atoms with Crippen LogP contribution in [0.15, 0.2) is 65.5 Å². The van der Waals surface area contributed by atoms with Crippen LogP contribution in [0.1, 0.15) is 29.3 Å². The summed E-state index contributed by atoms with van der Waals surface area (Å²) in [5, 5.41) is 10.1. The minimum absolute atomic E-state index is 0.148. The fourth-order valence-corrected chi connectivity index (χ4v) is 3.44. The van der Waals surface area contributed by atoms with Gasteiger partial charge in [0.15, 0.2) is 0 Å². The lowest BCUT2D eigenvalue weighted by molar-refractivity contribution is 0.0952. The van der Waals surface area contributed by atoms with Crippen LogP contribution in [0.4, 0.5) is 10.5 Å². The number of nitrogens with one attached hydrogen (secondary N) is 2. The molecule has 0 fully saturated rings. The van der Waals surface area contributed by atoms with Crippen molar-refractivity contribution >= 4 is 17.7 Å². The summed E-state index contributed by atoms with van der Waals surface area (Å²) >= 11 is 0. The standard InChI is InChI=1S/C26H31N5O4/c1-4-35-26(34)28-22-11-5-8-19(16-22)18-31-24(32)13-12-23(29-31)20-9-6-10-21(17-20)25(33)27-14-7-15-30(2)3/h5-6,8-13,16-17H,4,7,14-15,18H2,1-3H3,(H,27,33)(H,28,34). The molecule has 3 aromatic rings. The first kappa shape index (κ1) is 25.6. The van der Waals surface area contributed by atoms with Crippen molar-refractivity contribution in [3.05, 3.63) is 82.1 Å². The fourth-order valence-electron chi connectivity index (χ4n) is 3.44. The fraction of sp³-hybridized carbons (Fsp3) is 0.308. The molecule has 3 rings (SSSR count). The largest absolute Gasteiger partial charge is 0.450 e. The highest BCUT2D eigenvalue weighted by atomic mass is 16.5. The summed E-state index contributed by atoms with van der Waals surface area (Å²) in [5.74, 6) is -0.148. The first-order valence-electron chi connectivity index (χ1n) is 11.5. The molecule has 0 unspecified atom stereocenters. The van der Waals surface area contributed by atoms with Crippen LogP contribution < -0.4 is 16.2 Å². The summed E-state index contributed by atoms with van der Waals surface area (Å²) in [4.78, 5) is 38.8. The molecule has 0 spiro atoms. The molecule has 0 aliphatic heterocycles. The number of carbonyl (C=O) groups excluding carboxylic acids is 2. The Morgan fingerprint density at radius 1 is 1.06 bits per heavy atom. The zero-order valence-electron chi connectivity index (χ0n) is 20.3. The maximum atomic E-state index is 12.5. The van der Waals surface area contributed by atoms with Crippen molar-refractivity contribution < 1.29 is 14.3 Å².